The summed E-state index contributed by atoms with van der Waals surface area (Å²) >= 11 is 0. The Bertz CT molecular complexity index is 1130. The number of anilines is 1. The van der Waals surface area contributed by atoms with Crippen LogP contribution in [0.4, 0.5) is 23.4 Å². The van der Waals surface area contributed by atoms with Crippen molar-refractivity contribution in [2.45, 2.75) is 18.9 Å². The summed E-state index contributed by atoms with van der Waals surface area (Å²) in [5.41, 5.74) is -0.182. The average Bonchev–Trinajstić information content (AvgIpc) is 3.36. The van der Waals surface area contributed by atoms with Crippen LogP contribution in [0.1, 0.15) is 12.8 Å². The van der Waals surface area contributed by atoms with Gasteiger partial charge in [0, 0.05) is 37.3 Å². The summed E-state index contributed by atoms with van der Waals surface area (Å²) in [5, 5.41) is 11.4. The van der Waals surface area contributed by atoms with Crippen molar-refractivity contribution in [3.05, 3.63) is 71.8 Å². The van der Waals surface area contributed by atoms with E-state index < -0.39 is 17.5 Å². The van der Waals surface area contributed by atoms with E-state index in [0.717, 1.165) is 38.5 Å². The van der Waals surface area contributed by atoms with E-state index in [2.05, 4.69) is 20.4 Å². The number of hydrogen-bond donors (Lipinski definition) is 1. The zero-order chi connectivity index (χ0) is 23.7. The molecule has 178 valence electrons. The Morgan fingerprint density at radius 3 is 2.29 bits per heavy atom. The summed E-state index contributed by atoms with van der Waals surface area (Å²) in [6.45, 7) is 3.40. The second-order valence-corrected chi connectivity index (χ2v) is 8.95. The highest BCUT2D eigenvalue weighted by Crippen LogP contribution is 2.39. The van der Waals surface area contributed by atoms with Crippen molar-refractivity contribution in [2.24, 2.45) is 11.8 Å². The predicted molar refractivity (Wildman–Crippen MR) is 119 cm³/mol. The third-order valence-electron chi connectivity index (χ3n) is 6.60. The zero-order valence-electron chi connectivity index (χ0n) is 18.4. The second kappa shape index (κ2) is 9.58. The van der Waals surface area contributed by atoms with Gasteiger partial charge in [-0.15, -0.1) is 10.2 Å². The van der Waals surface area contributed by atoms with Crippen LogP contribution in [0.2, 0.25) is 0 Å². The normalized spacial score (nSPS) is 22.1. The minimum absolute atomic E-state index is 0.0724. The van der Waals surface area contributed by atoms with Gasteiger partial charge < -0.3 is 10.1 Å². The average molecular weight is 472 g/mol. The first-order chi connectivity index (χ1) is 16.4. The summed E-state index contributed by atoms with van der Waals surface area (Å²) in [4.78, 5) is 2.40. The molecule has 0 amide bonds. The van der Waals surface area contributed by atoms with Gasteiger partial charge in [0.25, 0.3) is 0 Å². The Hall–Kier alpha value is -3.20. The van der Waals surface area contributed by atoms with Gasteiger partial charge in [-0.25, -0.2) is 17.6 Å². The number of fused-ring (bicyclic) bond motifs is 1. The molecular formula is C25H24F4N4O. The van der Waals surface area contributed by atoms with E-state index in [1.807, 2.05) is 0 Å². The molecule has 1 aliphatic carbocycles. The smallest absolute Gasteiger partial charge is 0.168 e. The molecule has 34 heavy (non-hydrogen) atoms. The topological polar surface area (TPSA) is 50.3 Å². The minimum Gasteiger partial charge on any atom is -0.492 e. The van der Waals surface area contributed by atoms with E-state index in [4.69, 9.17) is 4.74 Å². The lowest BCUT2D eigenvalue weighted by atomic mass is 10.0. The molecule has 2 heterocycles. The molecule has 0 unspecified atom stereocenters. The van der Waals surface area contributed by atoms with Crippen molar-refractivity contribution in [2.75, 3.05) is 31.6 Å². The predicted octanol–water partition coefficient (Wildman–Crippen LogP) is 4.90. The quantitative estimate of drug-likeness (QED) is 0.392. The van der Waals surface area contributed by atoms with Crippen LogP contribution in [-0.2, 0) is 0 Å². The Balaban J connectivity index is 1.10. The molecule has 1 saturated carbocycles. The lowest BCUT2D eigenvalue weighted by molar-refractivity contribution is 0.226. The molecule has 1 aliphatic heterocycles. The van der Waals surface area contributed by atoms with Crippen LogP contribution in [0.25, 0.3) is 11.3 Å². The number of halogens is 4. The molecule has 1 saturated heterocycles. The number of ether oxygens (including phenoxy) is 1. The van der Waals surface area contributed by atoms with Crippen molar-refractivity contribution < 1.29 is 22.3 Å². The van der Waals surface area contributed by atoms with Gasteiger partial charge in [0.2, 0.25) is 0 Å². The molecule has 2 fully saturated rings. The fourth-order valence-electron chi connectivity index (χ4n) is 5.03. The van der Waals surface area contributed by atoms with Crippen LogP contribution < -0.4 is 10.1 Å². The third kappa shape index (κ3) is 4.99. The summed E-state index contributed by atoms with van der Waals surface area (Å²) in [7, 11) is 0. The molecule has 3 aromatic rings. The Kier molecular flexibility index (Phi) is 6.36. The number of nitrogens with one attached hydrogen (secondary N) is 1. The molecule has 0 radical (unpaired) electrons. The number of benzene rings is 2. The van der Waals surface area contributed by atoms with E-state index in [0.29, 0.717) is 36.1 Å². The van der Waals surface area contributed by atoms with Gasteiger partial charge in [-0.05, 0) is 67.1 Å². The van der Waals surface area contributed by atoms with Crippen molar-refractivity contribution in [3.8, 4) is 17.0 Å². The van der Waals surface area contributed by atoms with E-state index >= 15 is 0 Å². The highest BCUT2D eigenvalue weighted by molar-refractivity contribution is 5.60. The molecular weight excluding hydrogens is 448 g/mol. The summed E-state index contributed by atoms with van der Waals surface area (Å²) in [6, 6.07) is 10.9. The van der Waals surface area contributed by atoms with Crippen molar-refractivity contribution >= 4 is 5.82 Å². The van der Waals surface area contributed by atoms with Crippen LogP contribution >= 0.6 is 0 Å². The molecule has 9 heteroatoms. The Morgan fingerprint density at radius 1 is 0.882 bits per heavy atom. The van der Waals surface area contributed by atoms with Crippen molar-refractivity contribution in [1.29, 1.82) is 0 Å². The number of nitrogens with zero attached hydrogens (tertiary/aromatic N) is 3. The van der Waals surface area contributed by atoms with Gasteiger partial charge in [-0.2, -0.15) is 0 Å². The maximum absolute atomic E-state index is 14.0. The summed E-state index contributed by atoms with van der Waals surface area (Å²) in [5.74, 6) is -1.16. The molecule has 2 aliphatic rings. The Morgan fingerprint density at radius 2 is 1.62 bits per heavy atom. The fraction of sp³-hybridized carbons (Fsp3) is 0.360. The van der Waals surface area contributed by atoms with Gasteiger partial charge in [0.15, 0.2) is 11.6 Å². The molecule has 1 N–H and O–H groups in total. The van der Waals surface area contributed by atoms with Crippen LogP contribution in [0.15, 0.2) is 48.5 Å². The first kappa shape index (κ1) is 22.6. The van der Waals surface area contributed by atoms with Crippen molar-refractivity contribution in [3.63, 3.8) is 0 Å². The van der Waals surface area contributed by atoms with Crippen molar-refractivity contribution in [1.82, 2.24) is 15.1 Å². The molecule has 5 nitrogen and oxygen atoms in total. The van der Waals surface area contributed by atoms with E-state index in [1.54, 1.807) is 18.2 Å². The number of likely N-dealkylation sites (tertiary alicyclic amines) is 1. The number of hydrogen-bond acceptors (Lipinski definition) is 5. The van der Waals surface area contributed by atoms with E-state index in [9.17, 15) is 17.6 Å². The van der Waals surface area contributed by atoms with Crippen LogP contribution in [-0.4, -0.2) is 47.4 Å². The summed E-state index contributed by atoms with van der Waals surface area (Å²) in [6.07, 6.45) is 2.01. The van der Waals surface area contributed by atoms with Gasteiger partial charge in [-0.3, -0.25) is 4.90 Å². The highest BCUT2D eigenvalue weighted by atomic mass is 19.2. The van der Waals surface area contributed by atoms with Gasteiger partial charge in [0.1, 0.15) is 29.8 Å². The van der Waals surface area contributed by atoms with E-state index in [-0.39, 0.29) is 23.1 Å². The van der Waals surface area contributed by atoms with Crippen LogP contribution in [0.3, 0.4) is 0 Å². The zero-order valence-corrected chi connectivity index (χ0v) is 18.4. The fourth-order valence-corrected chi connectivity index (χ4v) is 5.03. The monoisotopic (exact) mass is 472 g/mol. The Labute approximate surface area is 194 Å². The number of aromatic nitrogens is 2. The van der Waals surface area contributed by atoms with E-state index in [1.165, 1.54) is 18.2 Å². The first-order valence-electron chi connectivity index (χ1n) is 11.3. The number of rotatable bonds is 7. The third-order valence-corrected chi connectivity index (χ3v) is 6.60. The first-order valence-corrected chi connectivity index (χ1v) is 11.3. The molecule has 5 rings (SSSR count). The lowest BCUT2D eigenvalue weighted by Crippen LogP contribution is -2.29. The van der Waals surface area contributed by atoms with Crippen LogP contribution in [0.5, 0.6) is 5.75 Å². The molecule has 3 atom stereocenters. The lowest BCUT2D eigenvalue weighted by Gasteiger charge is -2.20. The van der Waals surface area contributed by atoms with Gasteiger partial charge >= 0.3 is 0 Å². The standard InChI is InChI=1S/C25H24F4N4O/c26-17-1-3-20(4-2-17)34-8-7-33-13-15-9-19(10-16(15)14-33)30-24-6-5-23(31-32-24)21-11-18(27)12-22(28)25(21)29/h1-6,11-12,15-16,19H,7-10,13-14H2,(H,30,32)/t15-,16+,19+. The largest absolute Gasteiger partial charge is 0.492 e. The van der Waals surface area contributed by atoms with Gasteiger partial charge in [0.05, 0.1) is 5.69 Å². The minimum atomic E-state index is -1.26. The maximum Gasteiger partial charge on any atom is 0.168 e. The second-order valence-electron chi connectivity index (χ2n) is 8.95. The molecule has 1 aromatic heterocycles. The summed E-state index contributed by atoms with van der Waals surface area (Å²) < 4.78 is 59.6. The maximum atomic E-state index is 14.0. The molecule has 2 aromatic carbocycles. The molecule has 0 bridgehead atoms. The SMILES string of the molecule is Fc1ccc(OCCN2C[C@H]3C[C@H](Nc4ccc(-c5cc(F)cc(F)c5F)nn4)C[C@H]3C2)cc1. The highest BCUT2D eigenvalue weighted by Gasteiger charge is 2.40. The van der Waals surface area contributed by atoms with Gasteiger partial charge in [-0.1, -0.05) is 0 Å². The molecule has 0 spiro atoms. The van der Waals surface area contributed by atoms with Crippen LogP contribution in [0, 0.1) is 35.1 Å².